The fraction of sp³-hybridized carbons (Fsp3) is 1.00. The second kappa shape index (κ2) is 3.29. The zero-order valence-corrected chi connectivity index (χ0v) is 5.40. The number of aliphatic hydroxyl groups is 1. The van der Waals surface area contributed by atoms with Crippen LogP contribution < -0.4 is 5.73 Å². The average Bonchev–Trinajstić information content (AvgIpc) is 1.65. The van der Waals surface area contributed by atoms with E-state index in [0.29, 0.717) is 0 Å². The van der Waals surface area contributed by atoms with E-state index in [4.69, 9.17) is 10.8 Å². The lowest BCUT2D eigenvalue weighted by Gasteiger charge is -2.09. The molecule has 0 fully saturated rings. The minimum atomic E-state index is -0.403. The molecule has 0 heterocycles. The smallest absolute Gasteiger partial charge is 0.114 e. The standard InChI is InChI=1S/C4H11NOS/c1-3(5)4(6)7-2/h3-4,6H,5H2,1-2H3. The van der Waals surface area contributed by atoms with Gasteiger partial charge in [-0.05, 0) is 13.2 Å². The van der Waals surface area contributed by atoms with E-state index in [-0.39, 0.29) is 6.04 Å². The fourth-order valence-electron chi connectivity index (χ4n) is 0.215. The first kappa shape index (κ1) is 7.27. The van der Waals surface area contributed by atoms with Crippen molar-refractivity contribution in [2.45, 2.75) is 18.4 Å². The molecule has 0 spiro atoms. The highest BCUT2D eigenvalue weighted by Gasteiger charge is 2.04. The van der Waals surface area contributed by atoms with Gasteiger partial charge in [-0.3, -0.25) is 0 Å². The zero-order chi connectivity index (χ0) is 5.86. The van der Waals surface area contributed by atoms with Crippen molar-refractivity contribution in [3.63, 3.8) is 0 Å². The maximum Gasteiger partial charge on any atom is 0.114 e. The number of hydrogen-bond donors (Lipinski definition) is 2. The first-order valence-corrected chi connectivity index (χ1v) is 3.43. The molecule has 2 nitrogen and oxygen atoms in total. The van der Waals surface area contributed by atoms with Gasteiger partial charge in [0.25, 0.3) is 0 Å². The highest BCUT2D eigenvalue weighted by molar-refractivity contribution is 7.99. The number of rotatable bonds is 2. The molecule has 3 heteroatoms. The Morgan fingerprint density at radius 1 is 1.71 bits per heavy atom. The van der Waals surface area contributed by atoms with E-state index < -0.39 is 5.44 Å². The third kappa shape index (κ3) is 2.91. The molecule has 0 rings (SSSR count). The SMILES string of the molecule is CSC(O)C(C)N. The van der Waals surface area contributed by atoms with Crippen LogP contribution in [0.2, 0.25) is 0 Å². The van der Waals surface area contributed by atoms with Gasteiger partial charge >= 0.3 is 0 Å². The van der Waals surface area contributed by atoms with E-state index in [0.717, 1.165) is 0 Å². The van der Waals surface area contributed by atoms with E-state index >= 15 is 0 Å². The zero-order valence-electron chi connectivity index (χ0n) is 4.59. The number of hydrogen-bond acceptors (Lipinski definition) is 3. The van der Waals surface area contributed by atoms with Gasteiger partial charge in [-0.1, -0.05) is 0 Å². The van der Waals surface area contributed by atoms with Crippen molar-refractivity contribution >= 4 is 11.8 Å². The Balaban J connectivity index is 3.14. The number of nitrogens with two attached hydrogens (primary N) is 1. The average molecular weight is 121 g/mol. The fourth-order valence-corrected chi connectivity index (χ4v) is 0.644. The molecular formula is C4H11NOS. The summed E-state index contributed by atoms with van der Waals surface area (Å²) in [5, 5.41) is 8.77. The monoisotopic (exact) mass is 121 g/mol. The van der Waals surface area contributed by atoms with Gasteiger partial charge in [-0.25, -0.2) is 0 Å². The molecule has 44 valence electrons. The number of aliphatic hydroxyl groups excluding tert-OH is 1. The molecule has 2 unspecified atom stereocenters. The second-order valence-corrected chi connectivity index (χ2v) is 2.44. The number of thioether (sulfide) groups is 1. The topological polar surface area (TPSA) is 46.2 Å². The van der Waals surface area contributed by atoms with Crippen molar-refractivity contribution in [3.8, 4) is 0 Å². The van der Waals surface area contributed by atoms with Crippen LogP contribution in [0.4, 0.5) is 0 Å². The van der Waals surface area contributed by atoms with Gasteiger partial charge in [0.05, 0.1) is 0 Å². The summed E-state index contributed by atoms with van der Waals surface area (Å²) in [6.45, 7) is 1.78. The Kier molecular flexibility index (Phi) is 3.42. The molecule has 0 aromatic carbocycles. The molecular weight excluding hydrogens is 110 g/mol. The maximum absolute atomic E-state index is 8.77. The van der Waals surface area contributed by atoms with Crippen LogP contribution in [-0.2, 0) is 0 Å². The molecule has 2 atom stereocenters. The molecule has 0 aliphatic heterocycles. The van der Waals surface area contributed by atoms with Crippen LogP contribution in [0.15, 0.2) is 0 Å². The van der Waals surface area contributed by atoms with Crippen LogP contribution in [0.5, 0.6) is 0 Å². The normalized spacial score (nSPS) is 18.9. The molecule has 7 heavy (non-hydrogen) atoms. The van der Waals surface area contributed by atoms with Crippen LogP contribution >= 0.6 is 11.8 Å². The summed E-state index contributed by atoms with van der Waals surface area (Å²) in [5.41, 5.74) is 4.87. The summed E-state index contributed by atoms with van der Waals surface area (Å²) in [5.74, 6) is 0. The molecule has 0 aromatic heterocycles. The Hall–Kier alpha value is 0.270. The van der Waals surface area contributed by atoms with Crippen molar-refractivity contribution in [3.05, 3.63) is 0 Å². The second-order valence-electron chi connectivity index (χ2n) is 1.49. The van der Waals surface area contributed by atoms with Gasteiger partial charge in [0.1, 0.15) is 5.44 Å². The Labute approximate surface area is 48.1 Å². The minimum Gasteiger partial charge on any atom is -0.381 e. The first-order chi connectivity index (χ1) is 3.18. The summed E-state index contributed by atoms with van der Waals surface area (Å²) in [6, 6.07) is -0.116. The molecule has 0 saturated heterocycles. The van der Waals surface area contributed by atoms with E-state index in [1.807, 2.05) is 6.26 Å². The van der Waals surface area contributed by atoms with Crippen LogP contribution in [0.3, 0.4) is 0 Å². The molecule has 0 radical (unpaired) electrons. The van der Waals surface area contributed by atoms with Crippen LogP contribution in [0.1, 0.15) is 6.92 Å². The lowest BCUT2D eigenvalue weighted by atomic mass is 10.4. The van der Waals surface area contributed by atoms with E-state index in [9.17, 15) is 0 Å². The lowest BCUT2D eigenvalue weighted by Crippen LogP contribution is -2.28. The van der Waals surface area contributed by atoms with Crippen molar-refractivity contribution in [1.82, 2.24) is 0 Å². The van der Waals surface area contributed by atoms with Crippen molar-refractivity contribution in [2.24, 2.45) is 5.73 Å². The highest BCUT2D eigenvalue weighted by atomic mass is 32.2. The van der Waals surface area contributed by atoms with E-state index in [1.54, 1.807) is 6.92 Å². The van der Waals surface area contributed by atoms with Crippen molar-refractivity contribution in [2.75, 3.05) is 6.26 Å². The molecule has 0 aromatic rings. The molecule has 0 aliphatic rings. The van der Waals surface area contributed by atoms with Gasteiger partial charge in [0, 0.05) is 6.04 Å². The summed E-state index contributed by atoms with van der Waals surface area (Å²) in [6.07, 6.45) is 1.83. The third-order valence-electron chi connectivity index (χ3n) is 0.691. The quantitative estimate of drug-likeness (QED) is 0.506. The predicted molar refractivity (Wildman–Crippen MR) is 33.2 cm³/mol. The van der Waals surface area contributed by atoms with Gasteiger partial charge in [0.2, 0.25) is 0 Å². The van der Waals surface area contributed by atoms with Gasteiger partial charge in [-0.2, -0.15) is 0 Å². The molecule has 0 bridgehead atoms. The summed E-state index contributed by atoms with van der Waals surface area (Å²) in [7, 11) is 0. The molecule has 3 N–H and O–H groups in total. The Bertz CT molecular complexity index is 49.0. The first-order valence-electron chi connectivity index (χ1n) is 2.15. The van der Waals surface area contributed by atoms with Crippen molar-refractivity contribution in [1.29, 1.82) is 0 Å². The van der Waals surface area contributed by atoms with Crippen LogP contribution in [0, 0.1) is 0 Å². The summed E-state index contributed by atoms with van der Waals surface area (Å²) < 4.78 is 0. The third-order valence-corrected chi connectivity index (χ3v) is 1.60. The van der Waals surface area contributed by atoms with Gasteiger partial charge in [0.15, 0.2) is 0 Å². The Morgan fingerprint density at radius 2 is 2.14 bits per heavy atom. The minimum absolute atomic E-state index is 0.116. The van der Waals surface area contributed by atoms with E-state index in [1.165, 1.54) is 11.8 Å². The van der Waals surface area contributed by atoms with Crippen LogP contribution in [0.25, 0.3) is 0 Å². The van der Waals surface area contributed by atoms with Crippen LogP contribution in [-0.4, -0.2) is 22.8 Å². The molecule has 0 amide bonds. The molecule has 0 aliphatic carbocycles. The lowest BCUT2D eigenvalue weighted by molar-refractivity contribution is 0.238. The summed E-state index contributed by atoms with van der Waals surface area (Å²) >= 11 is 1.36. The van der Waals surface area contributed by atoms with Gasteiger partial charge < -0.3 is 10.8 Å². The van der Waals surface area contributed by atoms with E-state index in [2.05, 4.69) is 0 Å². The largest absolute Gasteiger partial charge is 0.381 e. The predicted octanol–water partition coefficient (Wildman–Crippen LogP) is 0.0150. The van der Waals surface area contributed by atoms with Crippen molar-refractivity contribution < 1.29 is 5.11 Å². The van der Waals surface area contributed by atoms with Gasteiger partial charge in [-0.15, -0.1) is 11.8 Å². The summed E-state index contributed by atoms with van der Waals surface area (Å²) in [4.78, 5) is 0. The molecule has 0 saturated carbocycles. The maximum atomic E-state index is 8.77. The Morgan fingerprint density at radius 3 is 2.14 bits per heavy atom. The highest BCUT2D eigenvalue weighted by Crippen LogP contribution is 2.03.